The number of hydrogen-bond acceptors (Lipinski definition) is 3. The molecule has 0 saturated carbocycles. The van der Waals surface area contributed by atoms with Gasteiger partial charge in [-0.1, -0.05) is 12.1 Å². The Morgan fingerprint density at radius 2 is 2.12 bits per heavy atom. The lowest BCUT2D eigenvalue weighted by Gasteiger charge is -2.21. The van der Waals surface area contributed by atoms with Gasteiger partial charge < -0.3 is 5.11 Å². The van der Waals surface area contributed by atoms with Gasteiger partial charge in [0.1, 0.15) is 5.75 Å². The standard InChI is InChI=1S/C12H13NO3/c1-7-6-8(2-4-10(7)14)9-3-5-11(15)13-12(9)16/h2,4,6,9,14H,3,5H2,1H3,(H,13,15,16). The maximum absolute atomic E-state index is 11.6. The molecule has 1 fully saturated rings. The minimum absolute atomic E-state index is 0.211. The first-order valence-electron chi connectivity index (χ1n) is 5.21. The molecule has 1 saturated heterocycles. The molecule has 2 N–H and O–H groups in total. The van der Waals surface area contributed by atoms with Gasteiger partial charge in [0, 0.05) is 6.42 Å². The molecule has 1 aromatic carbocycles. The summed E-state index contributed by atoms with van der Waals surface area (Å²) in [5, 5.41) is 11.7. The highest BCUT2D eigenvalue weighted by Gasteiger charge is 2.27. The minimum atomic E-state index is -0.281. The van der Waals surface area contributed by atoms with Crippen molar-refractivity contribution in [3.63, 3.8) is 0 Å². The van der Waals surface area contributed by atoms with Crippen molar-refractivity contribution in [1.29, 1.82) is 0 Å². The molecule has 0 spiro atoms. The van der Waals surface area contributed by atoms with E-state index in [-0.39, 0.29) is 23.5 Å². The molecule has 2 rings (SSSR count). The van der Waals surface area contributed by atoms with Crippen LogP contribution in [0.4, 0.5) is 0 Å². The van der Waals surface area contributed by atoms with Crippen LogP contribution in [0.1, 0.15) is 29.9 Å². The Labute approximate surface area is 93.3 Å². The fourth-order valence-electron chi connectivity index (χ4n) is 1.91. The molecule has 0 aliphatic carbocycles. The lowest BCUT2D eigenvalue weighted by atomic mass is 9.89. The number of aryl methyl sites for hydroxylation is 1. The smallest absolute Gasteiger partial charge is 0.234 e. The number of imide groups is 1. The lowest BCUT2D eigenvalue weighted by molar-refractivity contribution is -0.134. The summed E-state index contributed by atoms with van der Waals surface area (Å²) in [6.07, 6.45) is 0.908. The van der Waals surface area contributed by atoms with Crippen LogP contribution >= 0.6 is 0 Å². The monoisotopic (exact) mass is 219 g/mol. The number of rotatable bonds is 1. The lowest BCUT2D eigenvalue weighted by Crippen LogP contribution is -2.39. The quantitative estimate of drug-likeness (QED) is 0.698. The first-order valence-corrected chi connectivity index (χ1v) is 5.21. The fraction of sp³-hybridized carbons (Fsp3) is 0.333. The van der Waals surface area contributed by atoms with Crippen molar-refractivity contribution < 1.29 is 14.7 Å². The van der Waals surface area contributed by atoms with Gasteiger partial charge in [0.15, 0.2) is 0 Å². The summed E-state index contributed by atoms with van der Waals surface area (Å²) in [4.78, 5) is 22.6. The highest BCUT2D eigenvalue weighted by atomic mass is 16.3. The van der Waals surface area contributed by atoms with Crippen LogP contribution in [0.15, 0.2) is 18.2 Å². The molecule has 1 aliphatic rings. The molecule has 0 radical (unpaired) electrons. The van der Waals surface area contributed by atoms with E-state index in [1.807, 2.05) is 0 Å². The van der Waals surface area contributed by atoms with Crippen LogP contribution < -0.4 is 5.32 Å². The van der Waals surface area contributed by atoms with E-state index in [1.165, 1.54) is 0 Å². The van der Waals surface area contributed by atoms with E-state index >= 15 is 0 Å². The zero-order valence-electron chi connectivity index (χ0n) is 8.99. The van der Waals surface area contributed by atoms with Crippen LogP contribution in [0.25, 0.3) is 0 Å². The van der Waals surface area contributed by atoms with Gasteiger partial charge >= 0.3 is 0 Å². The van der Waals surface area contributed by atoms with E-state index < -0.39 is 0 Å². The van der Waals surface area contributed by atoms with E-state index in [9.17, 15) is 14.7 Å². The zero-order chi connectivity index (χ0) is 11.7. The highest BCUT2D eigenvalue weighted by Crippen LogP contribution is 2.28. The molecular formula is C12H13NO3. The molecule has 1 heterocycles. The van der Waals surface area contributed by atoms with Crippen molar-refractivity contribution in [2.45, 2.75) is 25.7 Å². The molecule has 1 atom stereocenters. The Morgan fingerprint density at radius 1 is 1.38 bits per heavy atom. The Hall–Kier alpha value is -1.84. The van der Waals surface area contributed by atoms with Gasteiger partial charge in [0.25, 0.3) is 0 Å². The highest BCUT2D eigenvalue weighted by molar-refractivity contribution is 6.00. The Morgan fingerprint density at radius 3 is 2.75 bits per heavy atom. The second-order valence-electron chi connectivity index (χ2n) is 4.05. The summed E-state index contributed by atoms with van der Waals surface area (Å²) in [5.74, 6) is -0.522. The summed E-state index contributed by atoms with van der Waals surface area (Å²) in [5.41, 5.74) is 1.59. The van der Waals surface area contributed by atoms with Crippen LogP contribution in [0.2, 0.25) is 0 Å². The number of carbonyl (C=O) groups excluding carboxylic acids is 2. The van der Waals surface area contributed by atoms with Gasteiger partial charge in [-0.05, 0) is 30.5 Å². The van der Waals surface area contributed by atoms with E-state index in [0.717, 1.165) is 11.1 Å². The van der Waals surface area contributed by atoms with Crippen molar-refractivity contribution >= 4 is 11.8 Å². The molecule has 4 heteroatoms. The van der Waals surface area contributed by atoms with Crippen LogP contribution in [-0.4, -0.2) is 16.9 Å². The number of aromatic hydroxyl groups is 1. The number of piperidine rings is 1. The summed E-state index contributed by atoms with van der Waals surface area (Å²) in [7, 11) is 0. The maximum Gasteiger partial charge on any atom is 0.234 e. The average molecular weight is 219 g/mol. The average Bonchev–Trinajstić information content (AvgIpc) is 2.22. The Balaban J connectivity index is 2.27. The number of nitrogens with one attached hydrogen (secondary N) is 1. The van der Waals surface area contributed by atoms with Gasteiger partial charge in [-0.15, -0.1) is 0 Å². The van der Waals surface area contributed by atoms with Gasteiger partial charge in [0.05, 0.1) is 5.92 Å². The molecule has 2 amide bonds. The van der Waals surface area contributed by atoms with Crippen LogP contribution in [0.3, 0.4) is 0 Å². The SMILES string of the molecule is Cc1cc(C2CCC(=O)NC2=O)ccc1O. The second kappa shape index (κ2) is 3.96. The molecule has 0 bridgehead atoms. The molecule has 1 aliphatic heterocycles. The molecule has 0 aromatic heterocycles. The van der Waals surface area contributed by atoms with Crippen molar-refractivity contribution in [2.24, 2.45) is 0 Å². The Bertz CT molecular complexity index is 454. The third kappa shape index (κ3) is 1.91. The number of phenolic OH excluding ortho intramolecular Hbond substituents is 1. The largest absolute Gasteiger partial charge is 0.508 e. The topological polar surface area (TPSA) is 66.4 Å². The van der Waals surface area contributed by atoms with Gasteiger partial charge in [-0.2, -0.15) is 0 Å². The van der Waals surface area contributed by atoms with Crippen LogP contribution in [-0.2, 0) is 9.59 Å². The van der Waals surface area contributed by atoms with Crippen molar-refractivity contribution in [3.8, 4) is 5.75 Å². The van der Waals surface area contributed by atoms with Crippen LogP contribution in [0, 0.1) is 6.92 Å². The molecular weight excluding hydrogens is 206 g/mol. The summed E-state index contributed by atoms with van der Waals surface area (Å²) >= 11 is 0. The van der Waals surface area contributed by atoms with E-state index in [4.69, 9.17) is 0 Å². The predicted molar refractivity (Wildman–Crippen MR) is 58.0 cm³/mol. The first-order chi connectivity index (χ1) is 7.58. The normalized spacial score (nSPS) is 20.7. The Kier molecular flexibility index (Phi) is 2.64. The predicted octanol–water partition coefficient (Wildman–Crippen LogP) is 1.22. The van der Waals surface area contributed by atoms with E-state index in [1.54, 1.807) is 25.1 Å². The number of carbonyl (C=O) groups is 2. The van der Waals surface area contributed by atoms with E-state index in [2.05, 4.69) is 5.32 Å². The molecule has 4 nitrogen and oxygen atoms in total. The molecule has 1 aromatic rings. The van der Waals surface area contributed by atoms with Crippen molar-refractivity contribution in [1.82, 2.24) is 5.32 Å². The van der Waals surface area contributed by atoms with Crippen molar-refractivity contribution in [2.75, 3.05) is 0 Å². The second-order valence-corrected chi connectivity index (χ2v) is 4.05. The van der Waals surface area contributed by atoms with E-state index in [0.29, 0.717) is 12.8 Å². The van der Waals surface area contributed by atoms with Crippen molar-refractivity contribution in [3.05, 3.63) is 29.3 Å². The zero-order valence-corrected chi connectivity index (χ0v) is 8.99. The third-order valence-corrected chi connectivity index (χ3v) is 2.86. The van der Waals surface area contributed by atoms with Crippen LogP contribution in [0.5, 0.6) is 5.75 Å². The number of benzene rings is 1. The molecule has 1 unspecified atom stereocenters. The number of amides is 2. The summed E-state index contributed by atoms with van der Waals surface area (Å²) < 4.78 is 0. The molecule has 84 valence electrons. The first kappa shape index (κ1) is 10.7. The fourth-order valence-corrected chi connectivity index (χ4v) is 1.91. The summed E-state index contributed by atoms with van der Waals surface area (Å²) in [6.45, 7) is 1.78. The summed E-state index contributed by atoms with van der Waals surface area (Å²) in [6, 6.07) is 5.09. The molecule has 16 heavy (non-hydrogen) atoms. The third-order valence-electron chi connectivity index (χ3n) is 2.86. The maximum atomic E-state index is 11.6. The van der Waals surface area contributed by atoms with Gasteiger partial charge in [-0.25, -0.2) is 0 Å². The van der Waals surface area contributed by atoms with Gasteiger partial charge in [-0.3, -0.25) is 14.9 Å². The minimum Gasteiger partial charge on any atom is -0.508 e. The number of phenols is 1. The number of hydrogen-bond donors (Lipinski definition) is 2. The van der Waals surface area contributed by atoms with Gasteiger partial charge in [0.2, 0.25) is 11.8 Å².